The Bertz CT molecular complexity index is 2130. The number of hydrogen-bond acceptors (Lipinski definition) is 6. The third-order valence-electron chi connectivity index (χ3n) is 7.25. The van der Waals surface area contributed by atoms with Crippen LogP contribution in [0.4, 0.5) is 13.2 Å². The molecule has 11 heteroatoms. The maximum Gasteiger partial charge on any atom is 0.434 e. The van der Waals surface area contributed by atoms with Gasteiger partial charge in [-0.1, -0.05) is 95.7 Å². The Balaban J connectivity index is 1.47. The van der Waals surface area contributed by atoms with Crippen LogP contribution in [0.2, 0.25) is 5.02 Å². The second kappa shape index (κ2) is 12.4. The van der Waals surface area contributed by atoms with Crippen LogP contribution in [0.3, 0.4) is 0 Å². The lowest BCUT2D eigenvalue weighted by atomic mass is 9.95. The number of allylic oxidation sites excluding steroid dienone is 1. The van der Waals surface area contributed by atoms with Crippen molar-refractivity contribution in [2.24, 2.45) is 4.99 Å². The van der Waals surface area contributed by atoms with Crippen molar-refractivity contribution in [3.8, 4) is 5.75 Å². The molecule has 1 atom stereocenters. The van der Waals surface area contributed by atoms with Crippen LogP contribution in [0.1, 0.15) is 29.7 Å². The van der Waals surface area contributed by atoms with Gasteiger partial charge in [0.2, 0.25) is 0 Å². The third-order valence-corrected chi connectivity index (χ3v) is 8.48. The molecule has 1 aliphatic rings. The molecule has 0 bridgehead atoms. The SMILES string of the molecule is CCOC(=O)C1=C(C(F)(F)F)N=c2s/c(=C/c3ccccc3OCc3cccc4ccccc34)c(=O)n2[C@H]1c1ccc(Cl)cc1. The molecule has 2 heterocycles. The van der Waals surface area contributed by atoms with Crippen LogP contribution in [0.25, 0.3) is 16.8 Å². The Hall–Kier alpha value is -4.67. The maximum atomic E-state index is 14.4. The molecular formula is C34H24ClF3N2O4S. The van der Waals surface area contributed by atoms with Crippen molar-refractivity contribution < 1.29 is 27.4 Å². The lowest BCUT2D eigenvalue weighted by Crippen LogP contribution is -2.41. The number of carbonyl (C=O) groups is 1. The molecular weight excluding hydrogens is 625 g/mol. The molecule has 6 nitrogen and oxygen atoms in total. The summed E-state index contributed by atoms with van der Waals surface area (Å²) in [7, 11) is 0. The molecule has 5 aromatic rings. The van der Waals surface area contributed by atoms with E-state index in [2.05, 4.69) is 4.99 Å². The van der Waals surface area contributed by atoms with Gasteiger partial charge in [0, 0.05) is 10.6 Å². The van der Waals surface area contributed by atoms with Gasteiger partial charge in [-0.05, 0) is 53.1 Å². The second-order valence-corrected chi connectivity index (χ2v) is 11.5. The number of thiazole rings is 1. The Kier molecular flexibility index (Phi) is 8.35. The molecule has 1 aliphatic heterocycles. The predicted octanol–water partition coefficient (Wildman–Crippen LogP) is 6.73. The number of alkyl halides is 3. The molecule has 4 aromatic carbocycles. The van der Waals surface area contributed by atoms with Gasteiger partial charge < -0.3 is 9.47 Å². The van der Waals surface area contributed by atoms with Crippen molar-refractivity contribution in [3.63, 3.8) is 0 Å². The standard InChI is InChI=1S/C34H24ClF3N2O4S/c1-2-43-32(42)28-29(21-14-16-24(35)17-15-21)40-31(41)27(45-33(40)39-30(28)34(36,37)38)18-22-9-4-6-13-26(22)44-19-23-11-7-10-20-8-3-5-12-25(20)23/h3-18,29H,2,19H2,1H3/b27-18+/t29-/m0/s1. The number of hydrogen-bond donors (Lipinski definition) is 0. The first-order valence-corrected chi connectivity index (χ1v) is 15.1. The molecule has 0 spiro atoms. The van der Waals surface area contributed by atoms with Gasteiger partial charge in [0.05, 0.1) is 22.8 Å². The van der Waals surface area contributed by atoms with E-state index in [9.17, 15) is 22.8 Å². The molecule has 0 radical (unpaired) electrons. The monoisotopic (exact) mass is 648 g/mol. The summed E-state index contributed by atoms with van der Waals surface area (Å²) in [4.78, 5) is 30.6. The smallest absolute Gasteiger partial charge is 0.434 e. The van der Waals surface area contributed by atoms with Crippen molar-refractivity contribution in [1.82, 2.24) is 4.57 Å². The van der Waals surface area contributed by atoms with E-state index < -0.39 is 35.0 Å². The highest BCUT2D eigenvalue weighted by atomic mass is 35.5. The third kappa shape index (κ3) is 6.03. The Morgan fingerprint density at radius 1 is 1.00 bits per heavy atom. The van der Waals surface area contributed by atoms with Crippen LogP contribution < -0.4 is 19.6 Å². The second-order valence-electron chi connectivity index (χ2n) is 10.1. The van der Waals surface area contributed by atoms with Gasteiger partial charge in [0.15, 0.2) is 10.5 Å². The summed E-state index contributed by atoms with van der Waals surface area (Å²) in [6.07, 6.45) is -3.44. The fraction of sp³-hybridized carbons (Fsp3) is 0.147. The molecule has 6 rings (SSSR count). The highest BCUT2D eigenvalue weighted by Crippen LogP contribution is 2.38. The molecule has 45 heavy (non-hydrogen) atoms. The molecule has 0 unspecified atom stereocenters. The molecule has 228 valence electrons. The zero-order valence-electron chi connectivity index (χ0n) is 23.7. The first kappa shape index (κ1) is 30.4. The van der Waals surface area contributed by atoms with E-state index in [0.717, 1.165) is 32.2 Å². The van der Waals surface area contributed by atoms with E-state index in [1.165, 1.54) is 31.2 Å². The van der Waals surface area contributed by atoms with Crippen LogP contribution in [0, 0.1) is 0 Å². The van der Waals surface area contributed by atoms with Crippen molar-refractivity contribution >= 4 is 45.8 Å². The van der Waals surface area contributed by atoms with Crippen molar-refractivity contribution in [2.75, 3.05) is 6.61 Å². The van der Waals surface area contributed by atoms with Crippen LogP contribution in [-0.4, -0.2) is 23.3 Å². The molecule has 0 aliphatic carbocycles. The number of carbonyl (C=O) groups excluding carboxylic acids is 1. The lowest BCUT2D eigenvalue weighted by Gasteiger charge is -2.26. The highest BCUT2D eigenvalue weighted by molar-refractivity contribution is 7.07. The molecule has 1 aromatic heterocycles. The number of aromatic nitrogens is 1. The first-order valence-electron chi connectivity index (χ1n) is 13.9. The lowest BCUT2D eigenvalue weighted by molar-refractivity contribution is -0.140. The Morgan fingerprint density at radius 2 is 1.71 bits per heavy atom. The minimum absolute atomic E-state index is 0.112. The summed E-state index contributed by atoms with van der Waals surface area (Å²) < 4.78 is 55.6. The molecule has 0 N–H and O–H groups in total. The van der Waals surface area contributed by atoms with Gasteiger partial charge in [-0.15, -0.1) is 0 Å². The zero-order chi connectivity index (χ0) is 31.7. The minimum atomic E-state index is -5.00. The highest BCUT2D eigenvalue weighted by Gasteiger charge is 2.45. The van der Waals surface area contributed by atoms with E-state index in [0.29, 0.717) is 16.3 Å². The van der Waals surface area contributed by atoms with Crippen molar-refractivity contribution in [2.45, 2.75) is 25.7 Å². The summed E-state index contributed by atoms with van der Waals surface area (Å²) in [5.41, 5.74) is -1.05. The number of benzene rings is 4. The van der Waals surface area contributed by atoms with Crippen molar-refractivity contribution in [3.05, 3.63) is 144 Å². The number of nitrogens with zero attached hydrogens (tertiary/aromatic N) is 2. The molecule has 0 amide bonds. The zero-order valence-corrected chi connectivity index (χ0v) is 25.2. The predicted molar refractivity (Wildman–Crippen MR) is 167 cm³/mol. The number of rotatable bonds is 7. The van der Waals surface area contributed by atoms with Crippen LogP contribution in [0.15, 0.2) is 112 Å². The van der Waals surface area contributed by atoms with Crippen LogP contribution in [-0.2, 0) is 16.1 Å². The minimum Gasteiger partial charge on any atom is -0.488 e. The van der Waals surface area contributed by atoms with Crippen LogP contribution in [0.5, 0.6) is 5.75 Å². The number of ether oxygens (including phenoxy) is 2. The number of esters is 1. The van der Waals surface area contributed by atoms with Gasteiger partial charge in [-0.25, -0.2) is 9.79 Å². The van der Waals surface area contributed by atoms with E-state index in [1.807, 2.05) is 42.5 Å². The fourth-order valence-electron chi connectivity index (χ4n) is 5.25. The Labute approximate surface area is 263 Å². The van der Waals surface area contributed by atoms with E-state index in [1.54, 1.807) is 30.3 Å². The average molecular weight is 649 g/mol. The van der Waals surface area contributed by atoms with Gasteiger partial charge in [-0.2, -0.15) is 13.2 Å². The molecule has 0 saturated carbocycles. The van der Waals surface area contributed by atoms with E-state index >= 15 is 0 Å². The number of halogens is 4. The summed E-state index contributed by atoms with van der Waals surface area (Å²) in [5.74, 6) is -0.733. The Morgan fingerprint density at radius 3 is 2.47 bits per heavy atom. The number of fused-ring (bicyclic) bond motifs is 2. The molecule has 0 saturated heterocycles. The van der Waals surface area contributed by atoms with Crippen molar-refractivity contribution in [1.29, 1.82) is 0 Å². The summed E-state index contributed by atoms with van der Waals surface area (Å²) >= 11 is 6.84. The first-order chi connectivity index (χ1) is 21.7. The summed E-state index contributed by atoms with van der Waals surface area (Å²) in [6, 6.07) is 25.4. The van der Waals surface area contributed by atoms with Gasteiger partial charge >= 0.3 is 12.1 Å². The fourth-order valence-corrected chi connectivity index (χ4v) is 6.37. The largest absolute Gasteiger partial charge is 0.488 e. The average Bonchev–Trinajstić information content (AvgIpc) is 3.34. The van der Waals surface area contributed by atoms with Gasteiger partial charge in [-0.3, -0.25) is 9.36 Å². The quantitative estimate of drug-likeness (QED) is 0.184. The summed E-state index contributed by atoms with van der Waals surface area (Å²) in [6.45, 7) is 1.57. The van der Waals surface area contributed by atoms with Gasteiger partial charge in [0.25, 0.3) is 5.56 Å². The maximum absolute atomic E-state index is 14.4. The van der Waals surface area contributed by atoms with Crippen LogP contribution >= 0.6 is 22.9 Å². The van der Waals surface area contributed by atoms with E-state index in [-0.39, 0.29) is 28.1 Å². The normalized spacial score (nSPS) is 15.1. The summed E-state index contributed by atoms with van der Waals surface area (Å²) in [5, 5.41) is 2.46. The van der Waals surface area contributed by atoms with E-state index in [4.69, 9.17) is 21.1 Å². The molecule has 0 fully saturated rings. The van der Waals surface area contributed by atoms with Gasteiger partial charge in [0.1, 0.15) is 12.4 Å². The topological polar surface area (TPSA) is 69.9 Å². The number of para-hydroxylation sites is 1.